The Morgan fingerprint density at radius 3 is 2.32 bits per heavy atom. The van der Waals surface area contributed by atoms with E-state index in [0.717, 1.165) is 5.56 Å². The summed E-state index contributed by atoms with van der Waals surface area (Å²) in [6, 6.07) is 25.1. The molecule has 0 aromatic heterocycles. The van der Waals surface area contributed by atoms with Crippen molar-refractivity contribution in [2.45, 2.75) is 19.6 Å². The van der Waals surface area contributed by atoms with E-state index in [0.29, 0.717) is 28.3 Å². The zero-order valence-electron chi connectivity index (χ0n) is 17.0. The lowest BCUT2D eigenvalue weighted by Gasteiger charge is -2.28. The number of ether oxygens (including phenoxy) is 2. The van der Waals surface area contributed by atoms with E-state index in [1.54, 1.807) is 13.0 Å². The van der Waals surface area contributed by atoms with Gasteiger partial charge in [-0.3, -0.25) is 0 Å². The van der Waals surface area contributed by atoms with Gasteiger partial charge in [0.1, 0.15) is 18.1 Å². The van der Waals surface area contributed by atoms with Crippen LogP contribution in [-0.4, -0.2) is 12.0 Å². The minimum absolute atomic E-state index is 0.147. The smallest absolute Gasteiger partial charge is 0.338 e. The summed E-state index contributed by atoms with van der Waals surface area (Å²) in [6.45, 7) is 1.84. The molecule has 3 aromatic carbocycles. The molecule has 1 unspecified atom stereocenters. The van der Waals surface area contributed by atoms with Gasteiger partial charge in [0, 0.05) is 5.70 Å². The van der Waals surface area contributed by atoms with Gasteiger partial charge in [-0.15, -0.1) is 0 Å². The zero-order chi connectivity index (χ0) is 21.6. The van der Waals surface area contributed by atoms with Gasteiger partial charge < -0.3 is 20.1 Å². The molecule has 0 saturated carbocycles. The standard InChI is InChI=1S/C25H22N2O4/c1-17-22(24(28)30-16-18-9-4-2-5-10-18)23(27-25(29)26-17)19-11-8-14-21(15-19)31-20-12-6-3-7-13-20/h2-15,23H,16H2,1H3,(H2,26,27,29). The first-order chi connectivity index (χ1) is 15.1. The molecule has 6 nitrogen and oxygen atoms in total. The number of carbonyl (C=O) groups excluding carboxylic acids is 2. The number of esters is 1. The molecule has 0 spiro atoms. The third-order valence-electron chi connectivity index (χ3n) is 4.87. The molecule has 1 aliphatic heterocycles. The first-order valence-electron chi connectivity index (χ1n) is 9.92. The van der Waals surface area contributed by atoms with E-state index < -0.39 is 12.0 Å². The highest BCUT2D eigenvalue weighted by Crippen LogP contribution is 2.31. The van der Waals surface area contributed by atoms with E-state index in [4.69, 9.17) is 9.47 Å². The van der Waals surface area contributed by atoms with E-state index in [1.807, 2.05) is 78.9 Å². The molecule has 4 rings (SSSR count). The molecule has 0 saturated heterocycles. The third kappa shape index (κ3) is 4.93. The van der Waals surface area contributed by atoms with Crippen LogP contribution >= 0.6 is 0 Å². The van der Waals surface area contributed by atoms with Gasteiger partial charge in [0.2, 0.25) is 0 Å². The van der Waals surface area contributed by atoms with Crippen LogP contribution in [0.5, 0.6) is 11.5 Å². The van der Waals surface area contributed by atoms with E-state index in [-0.39, 0.29) is 12.6 Å². The Balaban J connectivity index is 1.58. The van der Waals surface area contributed by atoms with Gasteiger partial charge in [0.15, 0.2) is 0 Å². The third-order valence-corrected chi connectivity index (χ3v) is 4.87. The van der Waals surface area contributed by atoms with Crippen LogP contribution in [0.4, 0.5) is 4.79 Å². The maximum Gasteiger partial charge on any atom is 0.338 e. The highest BCUT2D eigenvalue weighted by atomic mass is 16.5. The number of urea groups is 1. The fourth-order valence-electron chi connectivity index (χ4n) is 3.40. The van der Waals surface area contributed by atoms with Crippen LogP contribution in [0.3, 0.4) is 0 Å². The van der Waals surface area contributed by atoms with Gasteiger partial charge in [-0.25, -0.2) is 9.59 Å². The van der Waals surface area contributed by atoms with E-state index >= 15 is 0 Å². The second-order valence-electron chi connectivity index (χ2n) is 7.12. The molecule has 0 bridgehead atoms. The zero-order valence-corrected chi connectivity index (χ0v) is 17.0. The molecule has 3 aromatic rings. The number of amides is 2. The lowest BCUT2D eigenvalue weighted by Crippen LogP contribution is -2.45. The largest absolute Gasteiger partial charge is 0.457 e. The van der Waals surface area contributed by atoms with Crippen molar-refractivity contribution < 1.29 is 19.1 Å². The van der Waals surface area contributed by atoms with Crippen molar-refractivity contribution in [2.75, 3.05) is 0 Å². The molecule has 156 valence electrons. The second-order valence-corrected chi connectivity index (χ2v) is 7.12. The molecule has 0 radical (unpaired) electrons. The minimum Gasteiger partial charge on any atom is -0.457 e. The molecule has 2 N–H and O–H groups in total. The van der Waals surface area contributed by atoms with Gasteiger partial charge in [0.25, 0.3) is 0 Å². The molecule has 1 aliphatic rings. The fraction of sp³-hybridized carbons (Fsp3) is 0.120. The molecule has 0 aliphatic carbocycles. The van der Waals surface area contributed by atoms with Crippen molar-refractivity contribution in [1.82, 2.24) is 10.6 Å². The Morgan fingerprint density at radius 2 is 1.58 bits per heavy atom. The predicted octanol–water partition coefficient (Wildman–Crippen LogP) is 4.85. The average Bonchev–Trinajstić information content (AvgIpc) is 2.78. The van der Waals surface area contributed by atoms with Crippen LogP contribution in [0.1, 0.15) is 24.1 Å². The number of nitrogens with one attached hydrogen (secondary N) is 2. The lowest BCUT2D eigenvalue weighted by atomic mass is 9.95. The van der Waals surface area contributed by atoms with Gasteiger partial charge >= 0.3 is 12.0 Å². The summed E-state index contributed by atoms with van der Waals surface area (Å²) in [7, 11) is 0. The summed E-state index contributed by atoms with van der Waals surface area (Å²) in [5.74, 6) is 0.808. The average molecular weight is 414 g/mol. The molecular weight excluding hydrogens is 392 g/mol. The van der Waals surface area contributed by atoms with Crippen LogP contribution in [0, 0.1) is 0 Å². The van der Waals surface area contributed by atoms with Crippen molar-refractivity contribution >= 4 is 12.0 Å². The number of allylic oxidation sites excluding steroid dienone is 1. The number of carbonyl (C=O) groups is 2. The predicted molar refractivity (Wildman–Crippen MR) is 116 cm³/mol. The first kappa shape index (κ1) is 20.2. The Kier molecular flexibility index (Phi) is 5.98. The summed E-state index contributed by atoms with van der Waals surface area (Å²) in [5, 5.41) is 5.48. The molecule has 31 heavy (non-hydrogen) atoms. The quantitative estimate of drug-likeness (QED) is 0.566. The fourth-order valence-corrected chi connectivity index (χ4v) is 3.40. The summed E-state index contributed by atoms with van der Waals surface area (Å²) in [4.78, 5) is 25.1. The van der Waals surface area contributed by atoms with Crippen LogP contribution in [0.25, 0.3) is 0 Å². The SMILES string of the molecule is CC1=C(C(=O)OCc2ccccc2)C(c2cccc(Oc3ccccc3)c2)NC(=O)N1. The molecule has 2 amide bonds. The minimum atomic E-state index is -0.656. The molecule has 1 atom stereocenters. The van der Waals surface area contributed by atoms with Crippen molar-refractivity contribution in [1.29, 1.82) is 0 Å². The number of hydrogen-bond acceptors (Lipinski definition) is 4. The number of rotatable bonds is 6. The van der Waals surface area contributed by atoms with Crippen LogP contribution < -0.4 is 15.4 Å². The van der Waals surface area contributed by atoms with E-state index in [9.17, 15) is 9.59 Å². The summed E-state index contributed by atoms with van der Waals surface area (Å²) >= 11 is 0. The van der Waals surface area contributed by atoms with Gasteiger partial charge in [-0.1, -0.05) is 60.7 Å². The lowest BCUT2D eigenvalue weighted by molar-refractivity contribution is -0.140. The maximum absolute atomic E-state index is 12.9. The maximum atomic E-state index is 12.9. The second kappa shape index (κ2) is 9.17. The van der Waals surface area contributed by atoms with Gasteiger partial charge in [0.05, 0.1) is 11.6 Å². The van der Waals surface area contributed by atoms with Crippen molar-refractivity contribution in [3.63, 3.8) is 0 Å². The Labute approximate surface area is 180 Å². The number of benzene rings is 3. The highest BCUT2D eigenvalue weighted by molar-refractivity contribution is 5.95. The van der Waals surface area contributed by atoms with E-state index in [2.05, 4.69) is 10.6 Å². The number of hydrogen-bond donors (Lipinski definition) is 2. The summed E-state index contributed by atoms with van der Waals surface area (Å²) in [6.07, 6.45) is 0. The first-order valence-corrected chi connectivity index (χ1v) is 9.92. The molecule has 1 heterocycles. The molecule has 0 fully saturated rings. The Morgan fingerprint density at radius 1 is 0.903 bits per heavy atom. The normalized spacial score (nSPS) is 15.6. The van der Waals surface area contributed by atoms with Crippen molar-refractivity contribution in [2.24, 2.45) is 0 Å². The Bertz CT molecular complexity index is 1110. The van der Waals surface area contributed by atoms with Crippen molar-refractivity contribution in [3.8, 4) is 11.5 Å². The van der Waals surface area contributed by atoms with Crippen LogP contribution in [0.15, 0.2) is 96.2 Å². The summed E-state index contributed by atoms with van der Waals surface area (Å²) in [5.41, 5.74) is 2.42. The summed E-state index contributed by atoms with van der Waals surface area (Å²) < 4.78 is 11.4. The monoisotopic (exact) mass is 414 g/mol. The molecule has 6 heteroatoms. The Hall–Kier alpha value is -4.06. The van der Waals surface area contributed by atoms with Crippen LogP contribution in [0.2, 0.25) is 0 Å². The number of para-hydroxylation sites is 1. The topological polar surface area (TPSA) is 76.7 Å². The highest BCUT2D eigenvalue weighted by Gasteiger charge is 2.32. The van der Waals surface area contributed by atoms with Crippen molar-refractivity contribution in [3.05, 3.63) is 107 Å². The van der Waals surface area contributed by atoms with E-state index in [1.165, 1.54) is 0 Å². The van der Waals surface area contributed by atoms with Crippen LogP contribution in [-0.2, 0) is 16.1 Å². The molecular formula is C25H22N2O4. The van der Waals surface area contributed by atoms with Gasteiger partial charge in [-0.05, 0) is 42.3 Å². The van der Waals surface area contributed by atoms with Gasteiger partial charge in [-0.2, -0.15) is 0 Å².